The van der Waals surface area contributed by atoms with Gasteiger partial charge in [-0.25, -0.2) is 0 Å². The van der Waals surface area contributed by atoms with Crippen LogP contribution in [-0.4, -0.2) is 16.8 Å². The molecule has 1 rings (SSSR count). The number of hydrogen-bond acceptors (Lipinski definition) is 5. The first-order chi connectivity index (χ1) is 9.40. The van der Waals surface area contributed by atoms with Gasteiger partial charge in [-0.1, -0.05) is 13.2 Å². The van der Waals surface area contributed by atoms with Gasteiger partial charge in [0.1, 0.15) is 5.69 Å². The number of aromatic nitrogens is 1. The number of amides is 2. The van der Waals surface area contributed by atoms with Crippen molar-refractivity contribution in [3.63, 3.8) is 0 Å². The molecule has 0 saturated carbocycles. The van der Waals surface area contributed by atoms with Gasteiger partial charge in [0.05, 0.1) is 5.56 Å². The monoisotopic (exact) mass is 275 g/mol. The third-order valence-electron chi connectivity index (χ3n) is 2.04. The second-order valence-corrected chi connectivity index (χ2v) is 4.15. The number of carbonyl (C=O) groups excluding carboxylic acids is 2. The van der Waals surface area contributed by atoms with Gasteiger partial charge in [0.2, 0.25) is 0 Å². The molecule has 1 aromatic rings. The predicted octanol–water partition coefficient (Wildman–Crippen LogP) is 0.618. The van der Waals surface area contributed by atoms with Crippen LogP contribution in [0.1, 0.15) is 34.7 Å². The lowest BCUT2D eigenvalue weighted by Crippen LogP contribution is -2.37. The van der Waals surface area contributed by atoms with Crippen LogP contribution >= 0.6 is 0 Å². The number of nitrogens with one attached hydrogen (secondary N) is 4. The van der Waals surface area contributed by atoms with E-state index in [2.05, 4.69) is 39.8 Å². The number of rotatable bonds is 6. The molecule has 0 aromatic carbocycles. The van der Waals surface area contributed by atoms with Crippen molar-refractivity contribution < 1.29 is 9.59 Å². The van der Waals surface area contributed by atoms with E-state index in [9.17, 15) is 9.59 Å². The number of carbonyl (C=O) groups is 2. The molecule has 0 radical (unpaired) electrons. The van der Waals surface area contributed by atoms with Crippen LogP contribution in [0, 0.1) is 0 Å². The molecule has 0 bridgehead atoms. The van der Waals surface area contributed by atoms with Crippen molar-refractivity contribution in [3.05, 3.63) is 54.1 Å². The second-order valence-electron chi connectivity index (χ2n) is 4.15. The van der Waals surface area contributed by atoms with Gasteiger partial charge in [-0.05, 0) is 26.0 Å². The van der Waals surface area contributed by atoms with Crippen LogP contribution in [0.2, 0.25) is 0 Å². The van der Waals surface area contributed by atoms with E-state index in [1.165, 1.54) is 18.3 Å². The molecule has 0 fully saturated rings. The summed E-state index contributed by atoms with van der Waals surface area (Å²) in [5.74, 6) is -0.785. The van der Waals surface area contributed by atoms with Gasteiger partial charge in [0.15, 0.2) is 0 Å². The van der Waals surface area contributed by atoms with Crippen molar-refractivity contribution in [2.75, 3.05) is 0 Å². The van der Waals surface area contributed by atoms with Crippen molar-refractivity contribution in [2.24, 2.45) is 0 Å². The summed E-state index contributed by atoms with van der Waals surface area (Å²) >= 11 is 0. The van der Waals surface area contributed by atoms with Gasteiger partial charge in [0.25, 0.3) is 11.8 Å². The molecule has 106 valence electrons. The summed E-state index contributed by atoms with van der Waals surface area (Å²) in [5.41, 5.74) is 11.7. The highest BCUT2D eigenvalue weighted by Gasteiger charge is 2.09. The Kier molecular flexibility index (Phi) is 5.28. The Morgan fingerprint density at radius 3 is 1.95 bits per heavy atom. The zero-order valence-corrected chi connectivity index (χ0v) is 11.4. The SMILES string of the molecule is C=C(C)NNC(=O)c1ccc(C(=O)NNC(=C)C)nc1. The molecule has 0 atom stereocenters. The lowest BCUT2D eigenvalue weighted by Gasteiger charge is -2.08. The van der Waals surface area contributed by atoms with Crippen molar-refractivity contribution in [2.45, 2.75) is 13.8 Å². The fourth-order valence-corrected chi connectivity index (χ4v) is 1.13. The first kappa shape index (κ1) is 15.2. The quantitative estimate of drug-likeness (QED) is 0.571. The van der Waals surface area contributed by atoms with Crippen LogP contribution in [-0.2, 0) is 0 Å². The Balaban J connectivity index is 2.63. The summed E-state index contributed by atoms with van der Waals surface area (Å²) in [7, 11) is 0. The maximum Gasteiger partial charge on any atom is 0.288 e. The van der Waals surface area contributed by atoms with Crippen molar-refractivity contribution >= 4 is 11.8 Å². The number of hydrazine groups is 2. The van der Waals surface area contributed by atoms with Crippen LogP contribution in [0.15, 0.2) is 42.9 Å². The second kappa shape index (κ2) is 6.93. The summed E-state index contributed by atoms with van der Waals surface area (Å²) in [5, 5.41) is 0. The summed E-state index contributed by atoms with van der Waals surface area (Å²) < 4.78 is 0. The highest BCUT2D eigenvalue weighted by Crippen LogP contribution is 2.00. The standard InChI is InChI=1S/C13H17N5O2/c1-8(2)15-17-12(19)10-5-6-11(14-7-10)13(20)18-16-9(3)4/h5-7,15-16H,1,3H2,2,4H3,(H,17,19)(H,18,20). The topological polar surface area (TPSA) is 95.1 Å². The van der Waals surface area contributed by atoms with Gasteiger partial charge in [-0.2, -0.15) is 0 Å². The van der Waals surface area contributed by atoms with E-state index in [0.717, 1.165) is 0 Å². The number of allylic oxidation sites excluding steroid dienone is 2. The fourth-order valence-electron chi connectivity index (χ4n) is 1.13. The van der Waals surface area contributed by atoms with E-state index in [0.29, 0.717) is 17.0 Å². The molecule has 0 aliphatic heterocycles. The molecule has 0 aliphatic rings. The number of hydrogen-bond donors (Lipinski definition) is 4. The van der Waals surface area contributed by atoms with Crippen LogP contribution in [0.3, 0.4) is 0 Å². The molecule has 2 amide bonds. The highest BCUT2D eigenvalue weighted by atomic mass is 16.2. The van der Waals surface area contributed by atoms with E-state index in [-0.39, 0.29) is 11.6 Å². The molecule has 1 heterocycles. The number of pyridine rings is 1. The molecule has 20 heavy (non-hydrogen) atoms. The Labute approximate surface area is 117 Å². The third-order valence-corrected chi connectivity index (χ3v) is 2.04. The maximum atomic E-state index is 11.7. The maximum absolute atomic E-state index is 11.7. The van der Waals surface area contributed by atoms with Crippen molar-refractivity contribution in [1.29, 1.82) is 0 Å². The van der Waals surface area contributed by atoms with Crippen LogP contribution in [0.5, 0.6) is 0 Å². The molecule has 0 saturated heterocycles. The zero-order valence-electron chi connectivity index (χ0n) is 11.4. The van der Waals surface area contributed by atoms with Crippen LogP contribution in [0.4, 0.5) is 0 Å². The normalized spacial score (nSPS) is 9.30. The van der Waals surface area contributed by atoms with Crippen molar-refractivity contribution in [1.82, 2.24) is 26.7 Å². The Bertz CT molecular complexity index is 487. The minimum atomic E-state index is -0.417. The summed E-state index contributed by atoms with van der Waals surface area (Å²) in [6.07, 6.45) is 1.31. The fraction of sp³-hybridized carbons (Fsp3) is 0.154. The number of nitrogens with zero attached hydrogens (tertiary/aromatic N) is 1. The average molecular weight is 275 g/mol. The van der Waals surface area contributed by atoms with Crippen LogP contribution in [0.25, 0.3) is 0 Å². The van der Waals surface area contributed by atoms with E-state index in [1.54, 1.807) is 13.8 Å². The predicted molar refractivity (Wildman–Crippen MR) is 75.1 cm³/mol. The van der Waals surface area contributed by atoms with Gasteiger partial charge in [-0.15, -0.1) is 0 Å². The van der Waals surface area contributed by atoms with Crippen molar-refractivity contribution in [3.8, 4) is 0 Å². The van der Waals surface area contributed by atoms with Gasteiger partial charge in [-0.3, -0.25) is 25.4 Å². The Morgan fingerprint density at radius 2 is 1.50 bits per heavy atom. The molecule has 0 unspecified atom stereocenters. The smallest absolute Gasteiger partial charge is 0.288 e. The molecule has 4 N–H and O–H groups in total. The average Bonchev–Trinajstić information content (AvgIpc) is 2.42. The summed E-state index contributed by atoms with van der Waals surface area (Å²) in [6, 6.07) is 2.95. The van der Waals surface area contributed by atoms with E-state index >= 15 is 0 Å². The largest absolute Gasteiger partial charge is 0.303 e. The van der Waals surface area contributed by atoms with E-state index < -0.39 is 5.91 Å². The molecule has 0 aliphatic carbocycles. The Morgan fingerprint density at radius 1 is 0.950 bits per heavy atom. The minimum Gasteiger partial charge on any atom is -0.303 e. The van der Waals surface area contributed by atoms with Gasteiger partial charge < -0.3 is 10.9 Å². The van der Waals surface area contributed by atoms with E-state index in [1.807, 2.05) is 0 Å². The summed E-state index contributed by atoms with van der Waals surface area (Å²) in [4.78, 5) is 27.2. The lowest BCUT2D eigenvalue weighted by atomic mass is 10.2. The minimum absolute atomic E-state index is 0.183. The summed E-state index contributed by atoms with van der Waals surface area (Å²) in [6.45, 7) is 10.6. The van der Waals surface area contributed by atoms with Crippen LogP contribution < -0.4 is 21.7 Å². The Hall–Kier alpha value is -2.83. The highest BCUT2D eigenvalue weighted by molar-refractivity contribution is 5.95. The van der Waals surface area contributed by atoms with E-state index in [4.69, 9.17) is 0 Å². The first-order valence-electron chi connectivity index (χ1n) is 5.80. The first-order valence-corrected chi connectivity index (χ1v) is 5.80. The third kappa shape index (κ3) is 4.81. The zero-order chi connectivity index (χ0) is 15.1. The molecular weight excluding hydrogens is 258 g/mol. The molecular formula is C13H17N5O2. The molecule has 7 nitrogen and oxygen atoms in total. The lowest BCUT2D eigenvalue weighted by molar-refractivity contribution is 0.0923. The van der Waals surface area contributed by atoms with Gasteiger partial charge in [0, 0.05) is 17.6 Å². The van der Waals surface area contributed by atoms with Gasteiger partial charge >= 0.3 is 0 Å². The molecule has 0 spiro atoms. The molecule has 7 heteroatoms. The molecule has 1 aromatic heterocycles.